The van der Waals surface area contributed by atoms with Gasteiger partial charge in [-0.25, -0.2) is 9.97 Å². The zero-order chi connectivity index (χ0) is 31.0. The Morgan fingerprint density at radius 2 is 1.24 bits per heavy atom. The Balaban J connectivity index is 1.37. The van der Waals surface area contributed by atoms with Crippen molar-refractivity contribution in [3.63, 3.8) is 0 Å². The molecule has 2 nitrogen and oxygen atoms in total. The lowest BCUT2D eigenvalue weighted by molar-refractivity contribution is 0.742. The third-order valence-electron chi connectivity index (χ3n) is 9.24. The second kappa shape index (κ2) is 11.7. The molecule has 2 heteroatoms. The van der Waals surface area contributed by atoms with Gasteiger partial charge in [0, 0.05) is 28.5 Å². The van der Waals surface area contributed by atoms with Crippen molar-refractivity contribution in [1.29, 1.82) is 0 Å². The second-order valence-electron chi connectivity index (χ2n) is 12.4. The summed E-state index contributed by atoms with van der Waals surface area (Å²) < 4.78 is 0. The van der Waals surface area contributed by atoms with E-state index >= 15 is 0 Å². The highest BCUT2D eigenvalue weighted by Gasteiger charge is 2.27. The molecule has 0 bridgehead atoms. The molecule has 1 aromatic heterocycles. The minimum atomic E-state index is 0.180. The molecule has 0 saturated heterocycles. The van der Waals surface area contributed by atoms with E-state index in [9.17, 15) is 0 Å². The van der Waals surface area contributed by atoms with E-state index in [2.05, 4.69) is 147 Å². The number of hydrogen-bond donors (Lipinski definition) is 0. The molecule has 5 aromatic carbocycles. The van der Waals surface area contributed by atoms with Crippen LogP contribution in [-0.4, -0.2) is 9.97 Å². The van der Waals surface area contributed by atoms with E-state index in [0.717, 1.165) is 33.9 Å². The second-order valence-corrected chi connectivity index (χ2v) is 12.4. The fourth-order valence-corrected chi connectivity index (χ4v) is 7.00. The minimum Gasteiger partial charge on any atom is -0.228 e. The third-order valence-corrected chi connectivity index (χ3v) is 9.24. The molecule has 0 spiro atoms. The molecule has 46 heavy (non-hydrogen) atoms. The van der Waals surface area contributed by atoms with Crippen molar-refractivity contribution in [2.24, 2.45) is 5.92 Å². The number of fused-ring (bicyclic) bond motifs is 2. The quantitative estimate of drug-likeness (QED) is 0.200. The van der Waals surface area contributed by atoms with E-state index in [0.29, 0.717) is 0 Å². The summed E-state index contributed by atoms with van der Waals surface area (Å²) in [5.74, 6) is 1.16. The summed E-state index contributed by atoms with van der Waals surface area (Å²) in [4.78, 5) is 10.3. The van der Waals surface area contributed by atoms with Gasteiger partial charge in [-0.05, 0) is 70.3 Å². The van der Waals surface area contributed by atoms with Crippen molar-refractivity contribution in [3.05, 3.63) is 179 Å². The van der Waals surface area contributed by atoms with E-state index in [4.69, 9.17) is 9.97 Å². The molecule has 0 amide bonds. The van der Waals surface area contributed by atoms with Crippen LogP contribution < -0.4 is 10.4 Å². The van der Waals surface area contributed by atoms with Crippen molar-refractivity contribution in [2.75, 3.05) is 0 Å². The standard InChI is InChI=1S/C44H34N2/c1-29-21-22-37(30(2)23-29)34-24-35(41-27-33-17-9-10-18-38(33)39-19-11-12-20-40(39)41)26-36(25-34)43-28-42(31-13-5-3-6-14-31)45-44(46-43)32-15-7-4-8-16-32/h3-28,40-41H,1-2H3. The highest BCUT2D eigenvalue weighted by Crippen LogP contribution is 2.41. The molecule has 6 aromatic rings. The third kappa shape index (κ3) is 5.22. The predicted molar refractivity (Wildman–Crippen MR) is 191 cm³/mol. The van der Waals surface area contributed by atoms with Gasteiger partial charge in [0.2, 0.25) is 0 Å². The number of aryl methyl sites for hydroxylation is 2. The van der Waals surface area contributed by atoms with Gasteiger partial charge >= 0.3 is 0 Å². The molecule has 0 N–H and O–H groups in total. The maximum absolute atomic E-state index is 5.22. The molecule has 2 unspecified atom stereocenters. The van der Waals surface area contributed by atoms with E-state index < -0.39 is 0 Å². The number of aromatic nitrogens is 2. The molecule has 0 fully saturated rings. The summed E-state index contributed by atoms with van der Waals surface area (Å²) in [6.07, 6.45) is 11.5. The first-order valence-corrected chi connectivity index (χ1v) is 16.0. The summed E-state index contributed by atoms with van der Waals surface area (Å²) in [6.45, 7) is 4.37. The SMILES string of the molecule is Cc1ccc(-c2cc(-c3cc(-c4ccccc4)nc(-c4ccccc4)n3)cc(C3C=c4ccccc4=C4C=CC=CC43)c2)c(C)c1. The Labute approximate surface area is 270 Å². The van der Waals surface area contributed by atoms with Crippen molar-refractivity contribution >= 4 is 11.6 Å². The van der Waals surface area contributed by atoms with Crippen molar-refractivity contribution in [3.8, 4) is 45.0 Å². The highest BCUT2D eigenvalue weighted by molar-refractivity contribution is 5.79. The largest absolute Gasteiger partial charge is 0.228 e. The van der Waals surface area contributed by atoms with Crippen LogP contribution in [0.1, 0.15) is 22.6 Å². The molecule has 0 aliphatic heterocycles. The Bertz CT molecular complexity index is 2220. The average Bonchev–Trinajstić information content (AvgIpc) is 3.11. The van der Waals surface area contributed by atoms with Gasteiger partial charge in [-0.3, -0.25) is 0 Å². The van der Waals surface area contributed by atoms with Crippen molar-refractivity contribution in [1.82, 2.24) is 9.97 Å². The van der Waals surface area contributed by atoms with Crippen molar-refractivity contribution < 1.29 is 0 Å². The molecule has 1 heterocycles. The van der Waals surface area contributed by atoms with Crippen LogP contribution in [-0.2, 0) is 0 Å². The first-order valence-electron chi connectivity index (χ1n) is 16.0. The van der Waals surface area contributed by atoms with Gasteiger partial charge in [-0.1, -0.05) is 145 Å². The highest BCUT2D eigenvalue weighted by atomic mass is 14.9. The Morgan fingerprint density at radius 1 is 0.543 bits per heavy atom. The number of nitrogens with zero attached hydrogens (tertiary/aromatic N) is 2. The van der Waals surface area contributed by atoms with Crippen LogP contribution in [0.5, 0.6) is 0 Å². The van der Waals surface area contributed by atoms with Crippen LogP contribution in [0.15, 0.2) is 152 Å². The number of hydrogen-bond acceptors (Lipinski definition) is 2. The molecule has 0 radical (unpaired) electrons. The first kappa shape index (κ1) is 27.9. The lowest BCUT2D eigenvalue weighted by atomic mass is 9.74. The van der Waals surface area contributed by atoms with Gasteiger partial charge in [-0.15, -0.1) is 0 Å². The monoisotopic (exact) mass is 590 g/mol. The smallest absolute Gasteiger partial charge is 0.160 e. The van der Waals surface area contributed by atoms with E-state index in [1.54, 1.807) is 0 Å². The van der Waals surface area contributed by atoms with Gasteiger partial charge in [0.1, 0.15) is 0 Å². The van der Waals surface area contributed by atoms with Crippen LogP contribution in [0.2, 0.25) is 0 Å². The Morgan fingerprint density at radius 3 is 2.02 bits per heavy atom. The Kier molecular flexibility index (Phi) is 7.11. The van der Waals surface area contributed by atoms with Gasteiger partial charge in [-0.2, -0.15) is 0 Å². The predicted octanol–water partition coefficient (Wildman–Crippen LogP) is 9.23. The molecule has 2 aliphatic rings. The summed E-state index contributed by atoms with van der Waals surface area (Å²) >= 11 is 0. The lowest BCUT2D eigenvalue weighted by Gasteiger charge is -2.29. The topological polar surface area (TPSA) is 25.8 Å². The molecule has 0 saturated carbocycles. The molecule has 8 rings (SSSR count). The molecular weight excluding hydrogens is 556 g/mol. The van der Waals surface area contributed by atoms with Gasteiger partial charge in [0.25, 0.3) is 0 Å². The average molecular weight is 591 g/mol. The van der Waals surface area contributed by atoms with Crippen LogP contribution in [0.4, 0.5) is 0 Å². The lowest BCUT2D eigenvalue weighted by Crippen LogP contribution is -2.35. The molecule has 2 aliphatic carbocycles. The normalized spacial score (nSPS) is 16.4. The fourth-order valence-electron chi connectivity index (χ4n) is 7.00. The zero-order valence-corrected chi connectivity index (χ0v) is 26.1. The van der Waals surface area contributed by atoms with Crippen molar-refractivity contribution in [2.45, 2.75) is 19.8 Å². The summed E-state index contributed by atoms with van der Waals surface area (Å²) in [6, 6.07) is 45.5. The van der Waals surface area contributed by atoms with Crippen LogP contribution >= 0.6 is 0 Å². The van der Waals surface area contributed by atoms with Gasteiger partial charge in [0.05, 0.1) is 11.4 Å². The molecule has 2 atom stereocenters. The number of benzene rings is 5. The van der Waals surface area contributed by atoms with Gasteiger partial charge < -0.3 is 0 Å². The summed E-state index contributed by atoms with van der Waals surface area (Å²) in [5.41, 5.74) is 12.6. The maximum Gasteiger partial charge on any atom is 0.160 e. The van der Waals surface area contributed by atoms with E-state index in [1.165, 1.54) is 43.8 Å². The van der Waals surface area contributed by atoms with Crippen LogP contribution in [0.25, 0.3) is 56.7 Å². The molecule has 220 valence electrons. The van der Waals surface area contributed by atoms with Crippen LogP contribution in [0, 0.1) is 19.8 Å². The van der Waals surface area contributed by atoms with E-state index in [-0.39, 0.29) is 11.8 Å². The maximum atomic E-state index is 5.22. The fraction of sp³-hybridized carbons (Fsp3) is 0.0909. The van der Waals surface area contributed by atoms with Gasteiger partial charge in [0.15, 0.2) is 5.82 Å². The first-order chi connectivity index (χ1) is 22.6. The summed E-state index contributed by atoms with van der Waals surface area (Å²) in [7, 11) is 0. The zero-order valence-electron chi connectivity index (χ0n) is 26.1. The number of rotatable bonds is 5. The molecular formula is C44H34N2. The Hall–Kier alpha value is -5.60. The van der Waals surface area contributed by atoms with Crippen LogP contribution in [0.3, 0.4) is 0 Å². The number of allylic oxidation sites excluding steroid dienone is 4. The van der Waals surface area contributed by atoms with E-state index in [1.807, 2.05) is 24.3 Å². The summed E-state index contributed by atoms with van der Waals surface area (Å²) in [5, 5.41) is 2.61. The minimum absolute atomic E-state index is 0.180.